The van der Waals surface area contributed by atoms with Crippen LogP contribution in [0.2, 0.25) is 0 Å². The van der Waals surface area contributed by atoms with Gasteiger partial charge in [0.05, 0.1) is 13.0 Å². The van der Waals surface area contributed by atoms with Crippen LogP contribution in [0.15, 0.2) is 18.2 Å². The Balaban J connectivity index is 2.64. The maximum Gasteiger partial charge on any atom is 0.422 e. The number of methoxy groups -OCH3 is 1. The zero-order valence-electron chi connectivity index (χ0n) is 14.8. The highest BCUT2D eigenvalue weighted by Gasteiger charge is 2.29. The van der Waals surface area contributed by atoms with E-state index in [9.17, 15) is 22.8 Å². The van der Waals surface area contributed by atoms with Gasteiger partial charge in [0.15, 0.2) is 18.1 Å². The van der Waals surface area contributed by atoms with E-state index in [2.05, 4.69) is 0 Å². The molecule has 1 atom stereocenters. The molecule has 0 aliphatic rings. The number of carbonyl (C=O) groups excluding carboxylic acids is 1. The number of halogens is 3. The summed E-state index contributed by atoms with van der Waals surface area (Å²) >= 11 is 0. The van der Waals surface area contributed by atoms with E-state index in [0.29, 0.717) is 12.0 Å². The van der Waals surface area contributed by atoms with Gasteiger partial charge in [-0.25, -0.2) is 0 Å². The van der Waals surface area contributed by atoms with Crippen molar-refractivity contribution in [3.63, 3.8) is 0 Å². The van der Waals surface area contributed by atoms with Gasteiger partial charge in [0.2, 0.25) is 5.91 Å². The zero-order chi connectivity index (χ0) is 19.9. The molecule has 1 rings (SSSR count). The number of aryl methyl sites for hydroxylation is 1. The fourth-order valence-corrected chi connectivity index (χ4v) is 2.18. The smallest absolute Gasteiger partial charge is 0.422 e. The lowest BCUT2D eigenvalue weighted by Crippen LogP contribution is -2.33. The first-order valence-corrected chi connectivity index (χ1v) is 7.86. The van der Waals surface area contributed by atoms with Crippen molar-refractivity contribution in [1.29, 1.82) is 0 Å². The number of aliphatic carboxylic acids is 1. The van der Waals surface area contributed by atoms with Crippen molar-refractivity contribution in [3.05, 3.63) is 23.8 Å². The van der Waals surface area contributed by atoms with Gasteiger partial charge in [-0.15, -0.1) is 0 Å². The van der Waals surface area contributed by atoms with Crippen molar-refractivity contribution >= 4 is 11.9 Å². The number of rotatable bonds is 9. The molecule has 0 spiro atoms. The van der Waals surface area contributed by atoms with Gasteiger partial charge in [-0.05, 0) is 24.1 Å². The van der Waals surface area contributed by atoms with Crippen LogP contribution in [0.5, 0.6) is 11.5 Å². The van der Waals surface area contributed by atoms with Crippen LogP contribution < -0.4 is 9.47 Å². The number of carboxylic acids is 1. The van der Waals surface area contributed by atoms with Crippen LogP contribution in [0.25, 0.3) is 0 Å². The van der Waals surface area contributed by atoms with Crippen molar-refractivity contribution < 1.29 is 37.3 Å². The van der Waals surface area contributed by atoms with Crippen LogP contribution in [-0.2, 0) is 16.0 Å². The van der Waals surface area contributed by atoms with E-state index in [4.69, 9.17) is 14.6 Å². The minimum atomic E-state index is -4.45. The molecule has 26 heavy (non-hydrogen) atoms. The molecule has 0 fully saturated rings. The van der Waals surface area contributed by atoms with Crippen molar-refractivity contribution in [1.82, 2.24) is 4.90 Å². The fraction of sp³-hybridized carbons (Fsp3) is 0.529. The third-order valence-corrected chi connectivity index (χ3v) is 3.64. The van der Waals surface area contributed by atoms with E-state index in [0.717, 1.165) is 0 Å². The van der Waals surface area contributed by atoms with E-state index in [1.807, 2.05) is 0 Å². The van der Waals surface area contributed by atoms with Crippen LogP contribution in [0, 0.1) is 5.92 Å². The highest BCUT2D eigenvalue weighted by Crippen LogP contribution is 2.30. The SMILES string of the molecule is COc1cc(CCC(=O)N(C)CC(C)C(=O)O)ccc1OCC(F)(F)F. The summed E-state index contributed by atoms with van der Waals surface area (Å²) < 4.78 is 46.4. The Bertz CT molecular complexity index is 633. The van der Waals surface area contributed by atoms with Crippen molar-refractivity contribution in [2.24, 2.45) is 5.92 Å². The number of ether oxygens (including phenoxy) is 2. The second kappa shape index (κ2) is 9.30. The molecule has 9 heteroatoms. The average molecular weight is 377 g/mol. The molecule has 0 saturated carbocycles. The molecule has 0 heterocycles. The van der Waals surface area contributed by atoms with Crippen LogP contribution in [0.1, 0.15) is 18.9 Å². The number of benzene rings is 1. The van der Waals surface area contributed by atoms with Gasteiger partial charge < -0.3 is 19.5 Å². The summed E-state index contributed by atoms with van der Waals surface area (Å²) in [5.74, 6) is -1.77. The van der Waals surface area contributed by atoms with Crippen LogP contribution in [0.4, 0.5) is 13.2 Å². The maximum atomic E-state index is 12.2. The Hall–Kier alpha value is -2.45. The number of hydrogen-bond acceptors (Lipinski definition) is 4. The Kier molecular flexibility index (Phi) is 7.73. The Morgan fingerprint density at radius 3 is 2.46 bits per heavy atom. The number of hydrogen-bond donors (Lipinski definition) is 1. The largest absolute Gasteiger partial charge is 0.493 e. The first-order chi connectivity index (χ1) is 12.0. The minimum Gasteiger partial charge on any atom is -0.493 e. The zero-order valence-corrected chi connectivity index (χ0v) is 14.8. The van der Waals surface area contributed by atoms with Gasteiger partial charge in [0.1, 0.15) is 0 Å². The third kappa shape index (κ3) is 7.20. The first kappa shape index (κ1) is 21.6. The van der Waals surface area contributed by atoms with Gasteiger partial charge in [-0.1, -0.05) is 13.0 Å². The molecule has 0 saturated heterocycles. The van der Waals surface area contributed by atoms with E-state index < -0.39 is 24.7 Å². The van der Waals surface area contributed by atoms with E-state index in [-0.39, 0.29) is 30.4 Å². The molecule has 146 valence electrons. The monoisotopic (exact) mass is 377 g/mol. The number of carbonyl (C=O) groups is 2. The first-order valence-electron chi connectivity index (χ1n) is 7.86. The minimum absolute atomic E-state index is 0.0349. The van der Waals surface area contributed by atoms with E-state index in [1.165, 1.54) is 38.1 Å². The fourth-order valence-electron chi connectivity index (χ4n) is 2.18. The van der Waals surface area contributed by atoms with Crippen LogP contribution in [0.3, 0.4) is 0 Å². The van der Waals surface area contributed by atoms with Gasteiger partial charge in [-0.3, -0.25) is 9.59 Å². The van der Waals surface area contributed by atoms with Crippen molar-refractivity contribution in [2.75, 3.05) is 27.3 Å². The summed E-state index contributed by atoms with van der Waals surface area (Å²) in [6.45, 7) is 0.187. The summed E-state index contributed by atoms with van der Waals surface area (Å²) in [4.78, 5) is 24.2. The predicted octanol–water partition coefficient (Wildman–Crippen LogP) is 2.75. The molecule has 6 nitrogen and oxygen atoms in total. The number of alkyl halides is 3. The number of amides is 1. The summed E-state index contributed by atoms with van der Waals surface area (Å²) in [5, 5.41) is 8.86. The molecule has 0 bridgehead atoms. The van der Waals surface area contributed by atoms with Gasteiger partial charge in [0.25, 0.3) is 0 Å². The molecule has 0 aliphatic carbocycles. The highest BCUT2D eigenvalue weighted by molar-refractivity contribution is 5.77. The van der Waals surface area contributed by atoms with E-state index >= 15 is 0 Å². The predicted molar refractivity (Wildman–Crippen MR) is 87.3 cm³/mol. The molecule has 1 N–H and O–H groups in total. The molecule has 1 unspecified atom stereocenters. The Morgan fingerprint density at radius 2 is 1.92 bits per heavy atom. The molecule has 0 radical (unpaired) electrons. The van der Waals surface area contributed by atoms with Gasteiger partial charge >= 0.3 is 12.1 Å². The Morgan fingerprint density at radius 1 is 1.27 bits per heavy atom. The maximum absolute atomic E-state index is 12.2. The highest BCUT2D eigenvalue weighted by atomic mass is 19.4. The topological polar surface area (TPSA) is 76.1 Å². The van der Waals surface area contributed by atoms with Crippen LogP contribution >= 0.6 is 0 Å². The quantitative estimate of drug-likeness (QED) is 0.716. The molecule has 1 amide bonds. The molecule has 0 aromatic heterocycles. The summed E-state index contributed by atoms with van der Waals surface area (Å²) in [7, 11) is 2.84. The summed E-state index contributed by atoms with van der Waals surface area (Å²) in [6.07, 6.45) is -3.98. The standard InChI is InChI=1S/C17H22F3NO5/c1-11(16(23)24)9-21(2)15(22)7-5-12-4-6-13(14(8-12)25-3)26-10-17(18,19)20/h4,6,8,11H,5,7,9-10H2,1-3H3,(H,23,24). The van der Waals surface area contributed by atoms with E-state index in [1.54, 1.807) is 6.07 Å². The lowest BCUT2D eigenvalue weighted by Gasteiger charge is -2.19. The number of nitrogens with zero attached hydrogens (tertiary/aromatic N) is 1. The number of carboxylic acid groups (broad SMARTS) is 1. The molecule has 0 aliphatic heterocycles. The normalized spacial score (nSPS) is 12.4. The average Bonchev–Trinajstić information content (AvgIpc) is 2.56. The van der Waals surface area contributed by atoms with Crippen molar-refractivity contribution in [3.8, 4) is 11.5 Å². The van der Waals surface area contributed by atoms with Crippen LogP contribution in [-0.4, -0.2) is 55.4 Å². The Labute approximate surface area is 149 Å². The second-order valence-electron chi connectivity index (χ2n) is 5.90. The molecule has 1 aromatic rings. The molecular formula is C17H22F3NO5. The molecule has 1 aromatic carbocycles. The van der Waals surface area contributed by atoms with Crippen molar-refractivity contribution in [2.45, 2.75) is 25.9 Å². The lowest BCUT2D eigenvalue weighted by molar-refractivity contribution is -0.153. The lowest BCUT2D eigenvalue weighted by atomic mass is 10.1. The van der Waals surface area contributed by atoms with Gasteiger partial charge in [0, 0.05) is 20.0 Å². The van der Waals surface area contributed by atoms with Gasteiger partial charge in [-0.2, -0.15) is 13.2 Å². The molecular weight excluding hydrogens is 355 g/mol. The second-order valence-corrected chi connectivity index (χ2v) is 5.90. The summed E-state index contributed by atoms with van der Waals surface area (Å²) in [6, 6.07) is 4.43. The summed E-state index contributed by atoms with van der Waals surface area (Å²) in [5.41, 5.74) is 0.689. The third-order valence-electron chi connectivity index (χ3n) is 3.64.